The van der Waals surface area contributed by atoms with Gasteiger partial charge in [0.25, 0.3) is 0 Å². The molecule has 1 aliphatic heterocycles. The molecule has 1 N–H and O–H groups in total. The summed E-state index contributed by atoms with van der Waals surface area (Å²) >= 11 is 3.62. The van der Waals surface area contributed by atoms with E-state index in [-0.39, 0.29) is 5.41 Å². The van der Waals surface area contributed by atoms with Gasteiger partial charge in [-0.1, -0.05) is 28.9 Å². The lowest BCUT2D eigenvalue weighted by Gasteiger charge is -2.34. The third kappa shape index (κ3) is 2.42. The van der Waals surface area contributed by atoms with Crippen LogP contribution < -0.4 is 5.32 Å². The minimum absolute atomic E-state index is 0.207. The maximum atomic E-state index is 4.40. The highest BCUT2D eigenvalue weighted by atomic mass is 79.9. The first kappa shape index (κ1) is 13.8. The van der Waals surface area contributed by atoms with E-state index in [0.717, 1.165) is 30.4 Å². The number of hydrogen-bond acceptors (Lipinski definition) is 2. The molecule has 0 amide bonds. The van der Waals surface area contributed by atoms with Crippen molar-refractivity contribution in [3.63, 3.8) is 0 Å². The number of aryl methyl sites for hydroxylation is 1. The molecule has 0 unspecified atom stereocenters. The lowest BCUT2D eigenvalue weighted by molar-refractivity contribution is 0.324. The largest absolute Gasteiger partial charge is 0.317 e. The monoisotopic (exact) mass is 333 g/mol. The first-order valence-electron chi connectivity index (χ1n) is 7.10. The number of hydrogen-bond donors (Lipinski definition) is 1. The van der Waals surface area contributed by atoms with Crippen LogP contribution in [0.4, 0.5) is 0 Å². The molecule has 0 spiro atoms. The molecular weight excluding hydrogens is 314 g/mol. The number of halogens is 1. The maximum absolute atomic E-state index is 4.40. The summed E-state index contributed by atoms with van der Waals surface area (Å²) in [5.74, 6) is 0. The quantitative estimate of drug-likeness (QED) is 0.910. The second-order valence-electron chi connectivity index (χ2n) is 5.89. The van der Waals surface area contributed by atoms with Gasteiger partial charge in [-0.25, -0.2) is 4.98 Å². The first-order valence-corrected chi connectivity index (χ1v) is 7.89. The second-order valence-corrected chi connectivity index (χ2v) is 6.75. The Bertz CT molecular complexity index is 612. The van der Waals surface area contributed by atoms with Crippen LogP contribution in [0, 0.1) is 6.92 Å². The highest BCUT2D eigenvalue weighted by Crippen LogP contribution is 2.34. The van der Waals surface area contributed by atoms with Gasteiger partial charge in [-0.15, -0.1) is 0 Å². The van der Waals surface area contributed by atoms with Crippen molar-refractivity contribution >= 4 is 15.9 Å². The smallest absolute Gasteiger partial charge is 0.0994 e. The summed E-state index contributed by atoms with van der Waals surface area (Å²) in [7, 11) is 0. The second kappa shape index (κ2) is 5.34. The Morgan fingerprint density at radius 3 is 2.75 bits per heavy atom. The summed E-state index contributed by atoms with van der Waals surface area (Å²) < 4.78 is 3.38. The van der Waals surface area contributed by atoms with Gasteiger partial charge in [-0.2, -0.15) is 0 Å². The van der Waals surface area contributed by atoms with Crippen molar-refractivity contribution in [3.8, 4) is 5.69 Å². The molecule has 0 aliphatic carbocycles. The summed E-state index contributed by atoms with van der Waals surface area (Å²) in [5.41, 5.74) is 3.95. The number of rotatable bonds is 2. The Morgan fingerprint density at radius 1 is 1.30 bits per heavy atom. The molecule has 0 radical (unpaired) electrons. The molecule has 3 rings (SSSR count). The van der Waals surface area contributed by atoms with Gasteiger partial charge in [-0.05, 0) is 50.6 Å². The van der Waals surface area contributed by atoms with Gasteiger partial charge in [0.2, 0.25) is 0 Å². The van der Waals surface area contributed by atoms with Gasteiger partial charge in [0.1, 0.15) is 0 Å². The van der Waals surface area contributed by atoms with Crippen LogP contribution in [0.1, 0.15) is 31.0 Å². The Morgan fingerprint density at radius 2 is 2.05 bits per heavy atom. The van der Waals surface area contributed by atoms with E-state index in [1.54, 1.807) is 0 Å². The molecule has 106 valence electrons. The van der Waals surface area contributed by atoms with Crippen LogP contribution in [0.25, 0.3) is 5.69 Å². The van der Waals surface area contributed by atoms with Crippen molar-refractivity contribution < 1.29 is 0 Å². The molecule has 3 nitrogen and oxygen atoms in total. The van der Waals surface area contributed by atoms with E-state index in [1.165, 1.54) is 16.9 Å². The molecule has 1 aromatic heterocycles. The van der Waals surface area contributed by atoms with Crippen LogP contribution in [0.3, 0.4) is 0 Å². The molecular formula is C16H20BrN3. The molecule has 1 saturated heterocycles. The minimum atomic E-state index is 0.207. The van der Waals surface area contributed by atoms with Gasteiger partial charge in [-0.3, -0.25) is 0 Å². The van der Waals surface area contributed by atoms with Gasteiger partial charge in [0.05, 0.1) is 6.33 Å². The van der Waals surface area contributed by atoms with E-state index in [1.807, 2.05) is 12.5 Å². The topological polar surface area (TPSA) is 29.9 Å². The van der Waals surface area contributed by atoms with E-state index < -0.39 is 0 Å². The average molecular weight is 334 g/mol. The number of nitrogens with one attached hydrogen (secondary N) is 1. The predicted molar refractivity (Wildman–Crippen MR) is 85.5 cm³/mol. The lowest BCUT2D eigenvalue weighted by atomic mass is 9.78. The van der Waals surface area contributed by atoms with Gasteiger partial charge < -0.3 is 9.88 Å². The van der Waals surface area contributed by atoms with Crippen LogP contribution in [0.15, 0.2) is 35.2 Å². The molecule has 20 heavy (non-hydrogen) atoms. The van der Waals surface area contributed by atoms with Crippen molar-refractivity contribution in [2.75, 3.05) is 13.1 Å². The molecule has 2 aromatic rings. The minimum Gasteiger partial charge on any atom is -0.317 e. The van der Waals surface area contributed by atoms with E-state index in [0.29, 0.717) is 0 Å². The van der Waals surface area contributed by atoms with Crippen molar-refractivity contribution in [1.82, 2.24) is 14.9 Å². The number of benzene rings is 1. The fourth-order valence-corrected chi connectivity index (χ4v) is 3.28. The average Bonchev–Trinajstić information content (AvgIpc) is 2.93. The van der Waals surface area contributed by atoms with Crippen LogP contribution in [-0.4, -0.2) is 22.6 Å². The van der Waals surface area contributed by atoms with Gasteiger partial charge in [0, 0.05) is 27.5 Å². The van der Waals surface area contributed by atoms with Crippen molar-refractivity contribution in [2.45, 2.75) is 32.1 Å². The number of nitrogens with zero attached hydrogens (tertiary/aromatic N) is 2. The summed E-state index contributed by atoms with van der Waals surface area (Å²) in [6, 6.07) is 6.48. The zero-order valence-corrected chi connectivity index (χ0v) is 13.6. The standard InChI is InChI=1S/C16H20BrN3/c1-12-3-4-13(9-14(12)17)20-11-19-10-15(20)16(2)5-7-18-8-6-16/h3-4,9-11,18H,5-8H2,1-2H3. The third-order valence-corrected chi connectivity index (χ3v) is 5.25. The van der Waals surface area contributed by atoms with E-state index in [4.69, 9.17) is 0 Å². The summed E-state index contributed by atoms with van der Waals surface area (Å²) in [5, 5.41) is 3.44. The number of piperidine rings is 1. The summed E-state index contributed by atoms with van der Waals surface area (Å²) in [6.07, 6.45) is 6.27. The third-order valence-electron chi connectivity index (χ3n) is 4.40. The number of imidazole rings is 1. The van der Waals surface area contributed by atoms with Crippen LogP contribution in [0.5, 0.6) is 0 Å². The molecule has 1 aromatic carbocycles. The Labute approximate surface area is 128 Å². The van der Waals surface area contributed by atoms with Gasteiger partial charge in [0.15, 0.2) is 0 Å². The molecule has 4 heteroatoms. The first-order chi connectivity index (χ1) is 9.60. The molecule has 0 bridgehead atoms. The van der Waals surface area contributed by atoms with Crippen LogP contribution in [0.2, 0.25) is 0 Å². The van der Waals surface area contributed by atoms with Crippen LogP contribution >= 0.6 is 15.9 Å². The van der Waals surface area contributed by atoms with Crippen LogP contribution in [-0.2, 0) is 5.41 Å². The van der Waals surface area contributed by atoms with Crippen molar-refractivity contribution in [1.29, 1.82) is 0 Å². The zero-order chi connectivity index (χ0) is 14.2. The molecule has 0 saturated carbocycles. The molecule has 0 atom stereocenters. The zero-order valence-electron chi connectivity index (χ0n) is 12.0. The Balaban J connectivity index is 2.03. The van der Waals surface area contributed by atoms with E-state index in [2.05, 4.69) is 62.8 Å². The fraction of sp³-hybridized carbons (Fsp3) is 0.438. The number of aromatic nitrogens is 2. The predicted octanol–water partition coefficient (Wildman–Crippen LogP) is 3.58. The highest BCUT2D eigenvalue weighted by Gasteiger charge is 2.31. The molecule has 1 aliphatic rings. The Kier molecular flexibility index (Phi) is 3.69. The maximum Gasteiger partial charge on any atom is 0.0994 e. The summed E-state index contributed by atoms with van der Waals surface area (Å²) in [4.78, 5) is 4.40. The van der Waals surface area contributed by atoms with Crippen molar-refractivity contribution in [3.05, 3.63) is 46.5 Å². The molecule has 1 fully saturated rings. The lowest BCUT2D eigenvalue weighted by Crippen LogP contribution is -2.38. The fourth-order valence-electron chi connectivity index (χ4n) is 2.91. The normalized spacial score (nSPS) is 18.1. The SMILES string of the molecule is Cc1ccc(-n2cncc2C2(C)CCNCC2)cc1Br. The van der Waals surface area contributed by atoms with Gasteiger partial charge >= 0.3 is 0 Å². The van der Waals surface area contributed by atoms with E-state index >= 15 is 0 Å². The Hall–Kier alpha value is -1.13. The summed E-state index contributed by atoms with van der Waals surface area (Å²) in [6.45, 7) is 6.62. The highest BCUT2D eigenvalue weighted by molar-refractivity contribution is 9.10. The molecule has 2 heterocycles. The van der Waals surface area contributed by atoms with E-state index in [9.17, 15) is 0 Å². The van der Waals surface area contributed by atoms with Crippen molar-refractivity contribution in [2.24, 2.45) is 0 Å².